The normalized spacial score (nSPS) is 9.76. The molecule has 0 unspecified atom stereocenters. The van der Waals surface area contributed by atoms with E-state index in [-0.39, 0.29) is 0 Å². The lowest BCUT2D eigenvalue weighted by atomic mass is 10.2. The van der Waals surface area contributed by atoms with Crippen molar-refractivity contribution in [3.63, 3.8) is 0 Å². The number of carbonyl (C=O) groups excluding carboxylic acids is 1. The maximum atomic E-state index is 11.2. The Morgan fingerprint density at radius 3 is 2.76 bits per heavy atom. The summed E-state index contributed by atoms with van der Waals surface area (Å²) in [5, 5.41) is 10.8. The van der Waals surface area contributed by atoms with Crippen LogP contribution >= 0.6 is 15.9 Å². The molecule has 0 spiro atoms. The Morgan fingerprint density at radius 2 is 2.18 bits per heavy atom. The first-order valence-corrected chi connectivity index (χ1v) is 5.45. The second-order valence-electron chi connectivity index (χ2n) is 3.20. The van der Waals surface area contributed by atoms with Gasteiger partial charge < -0.3 is 10.4 Å². The number of halogens is 1. The van der Waals surface area contributed by atoms with E-state index in [0.717, 1.165) is 10.0 Å². The number of hydrogen-bond donors (Lipinski definition) is 3. The maximum absolute atomic E-state index is 11.2. The molecule has 0 aromatic heterocycles. The van der Waals surface area contributed by atoms with E-state index in [1.165, 1.54) is 0 Å². The van der Waals surface area contributed by atoms with Gasteiger partial charge in [-0.2, -0.15) is 0 Å². The van der Waals surface area contributed by atoms with E-state index in [1.807, 2.05) is 12.4 Å². The van der Waals surface area contributed by atoms with Crippen LogP contribution in [-0.4, -0.2) is 23.7 Å². The Hall–Kier alpha value is -1.60. The first-order chi connectivity index (χ1) is 7.99. The van der Waals surface area contributed by atoms with Crippen molar-refractivity contribution in [3.05, 3.63) is 28.2 Å². The van der Waals surface area contributed by atoms with Gasteiger partial charge in [0.25, 0.3) is 0 Å². The third kappa shape index (κ3) is 4.83. The quantitative estimate of drug-likeness (QED) is 0.741. The van der Waals surface area contributed by atoms with Gasteiger partial charge in [0.05, 0.1) is 0 Å². The molecule has 1 rings (SSSR count). The molecule has 1 aromatic rings. The van der Waals surface area contributed by atoms with Gasteiger partial charge in [-0.05, 0) is 30.7 Å². The molecule has 17 heavy (non-hydrogen) atoms. The third-order valence-electron chi connectivity index (χ3n) is 1.78. The monoisotopic (exact) mass is 302 g/mol. The molecule has 0 radical (unpaired) electrons. The van der Waals surface area contributed by atoms with Crippen LogP contribution in [0.15, 0.2) is 22.7 Å². The number of carboxylic acids is 1. The zero-order valence-corrected chi connectivity index (χ0v) is 10.6. The number of anilines is 1. The van der Waals surface area contributed by atoms with Crippen LogP contribution in [-0.2, 0) is 9.63 Å². The Labute approximate surface area is 106 Å². The molecule has 6 nitrogen and oxygen atoms in total. The summed E-state index contributed by atoms with van der Waals surface area (Å²) in [6, 6.07) is 4.63. The number of carboxylic acid groups (broad SMARTS) is 1. The molecule has 0 aliphatic heterocycles. The molecule has 0 saturated heterocycles. The molecule has 0 aliphatic carbocycles. The number of urea groups is 1. The molecule has 2 amide bonds. The number of hydrogen-bond acceptors (Lipinski definition) is 3. The number of nitrogens with one attached hydrogen (secondary N) is 2. The number of rotatable bonds is 4. The fourth-order valence-electron chi connectivity index (χ4n) is 1.04. The summed E-state index contributed by atoms with van der Waals surface area (Å²) >= 11 is 3.34. The zero-order valence-electron chi connectivity index (χ0n) is 8.99. The second kappa shape index (κ2) is 6.21. The number of hydroxylamine groups is 1. The smallest absolute Gasteiger partial charge is 0.343 e. The van der Waals surface area contributed by atoms with Crippen molar-refractivity contribution < 1.29 is 19.5 Å². The van der Waals surface area contributed by atoms with Crippen LogP contribution in [0.2, 0.25) is 0 Å². The van der Waals surface area contributed by atoms with Gasteiger partial charge in [0.2, 0.25) is 0 Å². The summed E-state index contributed by atoms with van der Waals surface area (Å²) < 4.78 is 0.936. The van der Waals surface area contributed by atoms with E-state index in [0.29, 0.717) is 5.69 Å². The van der Waals surface area contributed by atoms with E-state index >= 15 is 0 Å². The minimum atomic E-state index is -1.16. The zero-order chi connectivity index (χ0) is 12.8. The molecular formula is C10H11BrN2O4. The third-order valence-corrected chi connectivity index (χ3v) is 2.67. The maximum Gasteiger partial charge on any atom is 0.343 e. The molecule has 0 aliphatic rings. The molecule has 0 heterocycles. The fraction of sp³-hybridized carbons (Fsp3) is 0.200. The highest BCUT2D eigenvalue weighted by molar-refractivity contribution is 9.10. The first-order valence-electron chi connectivity index (χ1n) is 4.66. The molecule has 0 atom stereocenters. The fourth-order valence-corrected chi connectivity index (χ4v) is 1.29. The van der Waals surface area contributed by atoms with Crippen molar-refractivity contribution in [3.8, 4) is 0 Å². The molecule has 1 aromatic carbocycles. The number of benzene rings is 1. The van der Waals surface area contributed by atoms with Crippen molar-refractivity contribution in [1.29, 1.82) is 0 Å². The van der Waals surface area contributed by atoms with E-state index in [9.17, 15) is 9.59 Å². The molecule has 0 bridgehead atoms. The van der Waals surface area contributed by atoms with Crippen LogP contribution in [0.3, 0.4) is 0 Å². The highest BCUT2D eigenvalue weighted by Crippen LogP contribution is 2.19. The Kier molecular flexibility index (Phi) is 4.92. The van der Waals surface area contributed by atoms with Crippen molar-refractivity contribution in [1.82, 2.24) is 5.48 Å². The Balaban J connectivity index is 2.45. The van der Waals surface area contributed by atoms with Crippen molar-refractivity contribution in [2.75, 3.05) is 11.9 Å². The van der Waals surface area contributed by atoms with Gasteiger partial charge in [-0.1, -0.05) is 15.9 Å². The average molecular weight is 303 g/mol. The standard InChI is InChI=1S/C10H11BrN2O4/c1-6-4-7(2-3-8(6)11)12-10(16)13-17-5-9(14)15/h2-4H,5H2,1H3,(H,14,15)(H2,12,13,16). The Morgan fingerprint density at radius 1 is 1.47 bits per heavy atom. The predicted octanol–water partition coefficient (Wildman–Crippen LogP) is 1.90. The molecule has 7 heteroatoms. The largest absolute Gasteiger partial charge is 0.479 e. The van der Waals surface area contributed by atoms with Crippen molar-refractivity contribution in [2.24, 2.45) is 0 Å². The van der Waals surface area contributed by atoms with Gasteiger partial charge in [0.15, 0.2) is 6.61 Å². The highest BCUT2D eigenvalue weighted by atomic mass is 79.9. The minimum absolute atomic E-state index is 0.585. The number of aliphatic carboxylic acids is 1. The van der Waals surface area contributed by atoms with E-state index in [2.05, 4.69) is 26.1 Å². The number of aryl methyl sites for hydroxylation is 1. The van der Waals surface area contributed by atoms with E-state index in [1.54, 1.807) is 18.2 Å². The highest BCUT2D eigenvalue weighted by Gasteiger charge is 2.04. The predicted molar refractivity (Wildman–Crippen MR) is 64.6 cm³/mol. The first kappa shape index (κ1) is 13.5. The van der Waals surface area contributed by atoms with Gasteiger partial charge in [-0.15, -0.1) is 0 Å². The van der Waals surface area contributed by atoms with Gasteiger partial charge >= 0.3 is 12.0 Å². The van der Waals surface area contributed by atoms with Crippen LogP contribution < -0.4 is 10.8 Å². The second-order valence-corrected chi connectivity index (χ2v) is 4.06. The average Bonchev–Trinajstić information content (AvgIpc) is 2.23. The topological polar surface area (TPSA) is 87.7 Å². The lowest BCUT2D eigenvalue weighted by Crippen LogP contribution is -2.30. The van der Waals surface area contributed by atoms with Crippen LogP contribution in [0.4, 0.5) is 10.5 Å². The minimum Gasteiger partial charge on any atom is -0.479 e. The van der Waals surface area contributed by atoms with Gasteiger partial charge in [0.1, 0.15) is 0 Å². The molecule has 92 valence electrons. The summed E-state index contributed by atoms with van der Waals surface area (Å²) in [7, 11) is 0. The summed E-state index contributed by atoms with van der Waals surface area (Å²) in [4.78, 5) is 25.8. The van der Waals surface area contributed by atoms with Gasteiger partial charge in [0, 0.05) is 10.2 Å². The van der Waals surface area contributed by atoms with Gasteiger partial charge in [-0.3, -0.25) is 4.84 Å². The summed E-state index contributed by atoms with van der Waals surface area (Å²) in [6.45, 7) is 1.29. The van der Waals surface area contributed by atoms with Crippen LogP contribution in [0.1, 0.15) is 5.56 Å². The van der Waals surface area contributed by atoms with Crippen molar-refractivity contribution in [2.45, 2.75) is 6.92 Å². The van der Waals surface area contributed by atoms with Crippen LogP contribution in [0.25, 0.3) is 0 Å². The van der Waals surface area contributed by atoms with Gasteiger partial charge in [-0.25, -0.2) is 15.1 Å². The van der Waals surface area contributed by atoms with E-state index in [4.69, 9.17) is 5.11 Å². The summed E-state index contributed by atoms with van der Waals surface area (Å²) in [5.41, 5.74) is 3.51. The molecular weight excluding hydrogens is 292 g/mol. The molecule has 0 saturated carbocycles. The number of carbonyl (C=O) groups is 2. The molecule has 0 fully saturated rings. The van der Waals surface area contributed by atoms with Crippen LogP contribution in [0, 0.1) is 6.92 Å². The Bertz CT molecular complexity index is 436. The van der Waals surface area contributed by atoms with E-state index < -0.39 is 18.6 Å². The summed E-state index contributed by atoms with van der Waals surface area (Å²) in [5.74, 6) is -1.16. The molecule has 3 N–H and O–H groups in total. The summed E-state index contributed by atoms with van der Waals surface area (Å²) in [6.07, 6.45) is 0. The van der Waals surface area contributed by atoms with Crippen LogP contribution in [0.5, 0.6) is 0 Å². The number of amides is 2. The SMILES string of the molecule is Cc1cc(NC(=O)NOCC(=O)O)ccc1Br. The lowest BCUT2D eigenvalue weighted by molar-refractivity contribution is -0.143. The lowest BCUT2D eigenvalue weighted by Gasteiger charge is -2.07. The van der Waals surface area contributed by atoms with Crippen molar-refractivity contribution >= 4 is 33.6 Å².